The third-order valence-corrected chi connectivity index (χ3v) is 6.59. The number of hydrogen-bond donors (Lipinski definition) is 1. The highest BCUT2D eigenvalue weighted by atomic mass is 19.1. The minimum atomic E-state index is -0.581. The lowest BCUT2D eigenvalue weighted by molar-refractivity contribution is -0.141. The zero-order valence-electron chi connectivity index (χ0n) is 21.7. The van der Waals surface area contributed by atoms with E-state index in [9.17, 15) is 14.0 Å². The molecule has 0 bridgehead atoms. The minimum absolute atomic E-state index is 0.111. The van der Waals surface area contributed by atoms with Crippen LogP contribution in [-0.4, -0.2) is 42.0 Å². The summed E-state index contributed by atoms with van der Waals surface area (Å²) < 4.78 is 24.8. The first-order valence-corrected chi connectivity index (χ1v) is 13.2. The van der Waals surface area contributed by atoms with E-state index < -0.39 is 6.04 Å². The van der Waals surface area contributed by atoms with Gasteiger partial charge in [0.1, 0.15) is 11.9 Å². The standard InChI is InChI=1S/C29H39FN2O4/c1-4-25(29(34)31-24-9-7-8-10-24)32(20-22-11-15-23(30)16-12-22)28(33)18-14-21-13-17-26(35-5-2)27(19-21)36-6-3/h11-13,15-17,19,24-25H,4-10,14,18,20H2,1-3H3,(H,31,34)/t25-/m0/s1. The highest BCUT2D eigenvalue weighted by molar-refractivity contribution is 5.88. The summed E-state index contributed by atoms with van der Waals surface area (Å²) in [6.45, 7) is 7.07. The van der Waals surface area contributed by atoms with Gasteiger partial charge in [-0.05, 0) is 74.9 Å². The van der Waals surface area contributed by atoms with Gasteiger partial charge < -0.3 is 19.7 Å². The maximum atomic E-state index is 13.5. The van der Waals surface area contributed by atoms with Gasteiger partial charge in [0.25, 0.3) is 0 Å². The number of carbonyl (C=O) groups excluding carboxylic acids is 2. The van der Waals surface area contributed by atoms with Crippen LogP contribution in [0.2, 0.25) is 0 Å². The van der Waals surface area contributed by atoms with Gasteiger partial charge in [-0.1, -0.05) is 38.0 Å². The summed E-state index contributed by atoms with van der Waals surface area (Å²) in [5, 5.41) is 3.15. The molecule has 1 fully saturated rings. The SMILES string of the molecule is CCOc1ccc(CCC(=O)N(Cc2ccc(F)cc2)[C@@H](CC)C(=O)NC2CCCC2)cc1OCC. The Kier molecular flexibility index (Phi) is 10.6. The molecule has 0 heterocycles. The first kappa shape index (κ1) is 27.5. The summed E-state index contributed by atoms with van der Waals surface area (Å²) in [6, 6.07) is 11.4. The van der Waals surface area contributed by atoms with Gasteiger partial charge in [0, 0.05) is 19.0 Å². The molecular formula is C29H39FN2O4. The number of rotatable bonds is 13. The summed E-state index contributed by atoms with van der Waals surface area (Å²) in [7, 11) is 0. The van der Waals surface area contributed by atoms with Crippen LogP contribution in [0.15, 0.2) is 42.5 Å². The van der Waals surface area contributed by atoms with Crippen LogP contribution in [-0.2, 0) is 22.6 Å². The molecule has 1 N–H and O–H groups in total. The second-order valence-corrected chi connectivity index (χ2v) is 9.21. The number of aryl methyl sites for hydroxylation is 1. The number of amides is 2. The van der Waals surface area contributed by atoms with Crippen LogP contribution < -0.4 is 14.8 Å². The van der Waals surface area contributed by atoms with E-state index in [1.165, 1.54) is 12.1 Å². The molecule has 2 aromatic rings. The van der Waals surface area contributed by atoms with Gasteiger partial charge >= 0.3 is 0 Å². The van der Waals surface area contributed by atoms with Crippen molar-refractivity contribution in [3.05, 3.63) is 59.4 Å². The molecule has 0 radical (unpaired) electrons. The fraction of sp³-hybridized carbons (Fsp3) is 0.517. The number of halogens is 1. The molecule has 1 atom stereocenters. The topological polar surface area (TPSA) is 67.9 Å². The maximum Gasteiger partial charge on any atom is 0.243 e. The number of benzene rings is 2. The van der Waals surface area contributed by atoms with E-state index in [4.69, 9.17) is 9.47 Å². The van der Waals surface area contributed by atoms with Crippen molar-refractivity contribution < 1.29 is 23.5 Å². The predicted octanol–water partition coefficient (Wildman–Crippen LogP) is 5.42. The average Bonchev–Trinajstić information content (AvgIpc) is 3.38. The summed E-state index contributed by atoms with van der Waals surface area (Å²) >= 11 is 0. The normalized spacial score (nSPS) is 14.3. The Morgan fingerprint density at radius 1 is 0.972 bits per heavy atom. The van der Waals surface area contributed by atoms with Crippen LogP contribution in [0.3, 0.4) is 0 Å². The summed E-state index contributed by atoms with van der Waals surface area (Å²) in [6.07, 6.45) is 5.45. The lowest BCUT2D eigenvalue weighted by Gasteiger charge is -2.31. The Bertz CT molecular complexity index is 989. The highest BCUT2D eigenvalue weighted by Gasteiger charge is 2.30. The fourth-order valence-corrected chi connectivity index (χ4v) is 4.72. The van der Waals surface area contributed by atoms with Crippen LogP contribution in [0.5, 0.6) is 11.5 Å². The number of nitrogens with one attached hydrogen (secondary N) is 1. The average molecular weight is 499 g/mol. The minimum Gasteiger partial charge on any atom is -0.490 e. The molecule has 196 valence electrons. The molecule has 1 saturated carbocycles. The molecule has 0 aromatic heterocycles. The Morgan fingerprint density at radius 3 is 2.25 bits per heavy atom. The molecular weight excluding hydrogens is 459 g/mol. The van der Waals surface area contributed by atoms with Gasteiger partial charge in [-0.3, -0.25) is 9.59 Å². The van der Waals surface area contributed by atoms with Crippen LogP contribution in [0.1, 0.15) is 70.4 Å². The quantitative estimate of drug-likeness (QED) is 0.400. The zero-order valence-corrected chi connectivity index (χ0v) is 21.7. The number of hydrogen-bond acceptors (Lipinski definition) is 4. The van der Waals surface area contributed by atoms with Gasteiger partial charge in [0.05, 0.1) is 13.2 Å². The van der Waals surface area contributed by atoms with Gasteiger partial charge in [-0.25, -0.2) is 4.39 Å². The Hall–Kier alpha value is -3.09. The molecule has 0 spiro atoms. The van der Waals surface area contributed by atoms with Crippen LogP contribution in [0.25, 0.3) is 0 Å². The second kappa shape index (κ2) is 13.9. The first-order chi connectivity index (χ1) is 17.4. The Balaban J connectivity index is 1.76. The zero-order chi connectivity index (χ0) is 25.9. The summed E-state index contributed by atoms with van der Waals surface area (Å²) in [4.78, 5) is 28.4. The van der Waals surface area contributed by atoms with Crippen molar-refractivity contribution in [2.45, 2.75) is 84.3 Å². The lowest BCUT2D eigenvalue weighted by atomic mass is 10.0. The number of carbonyl (C=O) groups is 2. The molecule has 1 aliphatic carbocycles. The van der Waals surface area contributed by atoms with Gasteiger partial charge in [0.2, 0.25) is 11.8 Å². The second-order valence-electron chi connectivity index (χ2n) is 9.21. The summed E-state index contributed by atoms with van der Waals surface area (Å²) in [5.41, 5.74) is 1.75. The van der Waals surface area contributed by atoms with E-state index in [0.717, 1.165) is 36.8 Å². The van der Waals surface area contributed by atoms with Crippen molar-refractivity contribution in [3.8, 4) is 11.5 Å². The van der Waals surface area contributed by atoms with Crippen molar-refractivity contribution >= 4 is 11.8 Å². The largest absolute Gasteiger partial charge is 0.490 e. The van der Waals surface area contributed by atoms with Crippen molar-refractivity contribution in [1.82, 2.24) is 10.2 Å². The molecule has 7 heteroatoms. The Labute approximate surface area is 214 Å². The van der Waals surface area contributed by atoms with Crippen LogP contribution in [0, 0.1) is 5.82 Å². The molecule has 36 heavy (non-hydrogen) atoms. The van der Waals surface area contributed by atoms with E-state index in [1.807, 2.05) is 39.0 Å². The van der Waals surface area contributed by atoms with E-state index in [2.05, 4.69) is 5.32 Å². The number of nitrogens with zero attached hydrogens (tertiary/aromatic N) is 1. The molecule has 0 aliphatic heterocycles. The predicted molar refractivity (Wildman–Crippen MR) is 139 cm³/mol. The Morgan fingerprint density at radius 2 is 1.61 bits per heavy atom. The fourth-order valence-electron chi connectivity index (χ4n) is 4.72. The number of ether oxygens (including phenoxy) is 2. The van der Waals surface area contributed by atoms with E-state index in [0.29, 0.717) is 37.6 Å². The van der Waals surface area contributed by atoms with E-state index in [1.54, 1.807) is 17.0 Å². The van der Waals surface area contributed by atoms with Gasteiger partial charge in [-0.15, -0.1) is 0 Å². The third kappa shape index (κ3) is 7.70. The van der Waals surface area contributed by atoms with E-state index >= 15 is 0 Å². The highest BCUT2D eigenvalue weighted by Crippen LogP contribution is 2.29. The van der Waals surface area contributed by atoms with Crippen LogP contribution >= 0.6 is 0 Å². The molecule has 0 saturated heterocycles. The monoisotopic (exact) mass is 498 g/mol. The molecule has 0 unspecified atom stereocenters. The lowest BCUT2D eigenvalue weighted by Crippen LogP contribution is -2.51. The maximum absolute atomic E-state index is 13.5. The van der Waals surface area contributed by atoms with Crippen molar-refractivity contribution in [2.75, 3.05) is 13.2 Å². The van der Waals surface area contributed by atoms with Crippen LogP contribution in [0.4, 0.5) is 4.39 Å². The summed E-state index contributed by atoms with van der Waals surface area (Å²) in [5.74, 6) is 0.791. The molecule has 1 aliphatic rings. The first-order valence-electron chi connectivity index (χ1n) is 13.2. The van der Waals surface area contributed by atoms with Gasteiger partial charge in [0.15, 0.2) is 11.5 Å². The van der Waals surface area contributed by atoms with Crippen molar-refractivity contribution in [3.63, 3.8) is 0 Å². The smallest absolute Gasteiger partial charge is 0.243 e. The third-order valence-electron chi connectivity index (χ3n) is 6.59. The molecule has 2 aromatic carbocycles. The van der Waals surface area contributed by atoms with Crippen molar-refractivity contribution in [1.29, 1.82) is 0 Å². The molecule has 2 amide bonds. The molecule has 6 nitrogen and oxygen atoms in total. The van der Waals surface area contributed by atoms with E-state index in [-0.39, 0.29) is 36.6 Å². The molecule has 3 rings (SSSR count). The van der Waals surface area contributed by atoms with Crippen molar-refractivity contribution in [2.24, 2.45) is 0 Å². The van der Waals surface area contributed by atoms with Gasteiger partial charge in [-0.2, -0.15) is 0 Å².